The highest BCUT2D eigenvalue weighted by atomic mass is 16.6. The minimum Gasteiger partial charge on any atom is -0.450 e. The second-order valence-electron chi connectivity index (χ2n) is 7.18. The van der Waals surface area contributed by atoms with Gasteiger partial charge in [-0.15, -0.1) is 0 Å². The molecule has 3 rings (SSSR count). The second-order valence-corrected chi connectivity index (χ2v) is 7.18. The van der Waals surface area contributed by atoms with E-state index in [1.807, 2.05) is 37.3 Å². The zero-order valence-electron chi connectivity index (χ0n) is 16.5. The Bertz CT molecular complexity index is 794. The summed E-state index contributed by atoms with van der Waals surface area (Å²) >= 11 is 0. The number of rotatable bonds is 4. The normalized spacial score (nSPS) is 19.4. The van der Waals surface area contributed by atoms with Gasteiger partial charge in [-0.05, 0) is 26.3 Å². The lowest BCUT2D eigenvalue weighted by Crippen LogP contribution is -2.50. The topological polar surface area (TPSA) is 84.9 Å². The predicted molar refractivity (Wildman–Crippen MR) is 102 cm³/mol. The Morgan fingerprint density at radius 3 is 2.50 bits per heavy atom. The van der Waals surface area contributed by atoms with Crippen molar-refractivity contribution >= 4 is 18.0 Å². The maximum absolute atomic E-state index is 13.1. The molecule has 1 saturated heterocycles. The lowest BCUT2D eigenvalue weighted by molar-refractivity contribution is -0.150. The van der Waals surface area contributed by atoms with Crippen molar-refractivity contribution in [1.82, 2.24) is 10.2 Å². The predicted octanol–water partition coefficient (Wildman–Crippen LogP) is 2.73. The molecule has 1 unspecified atom stereocenters. The molecule has 0 aromatic heterocycles. The van der Waals surface area contributed by atoms with Crippen molar-refractivity contribution in [3.63, 3.8) is 0 Å². The standard InChI is InChI=1S/C21H26N2O5/c1-4-27-20(26)23-12-10-21(11-13-23)17(14(2)19(25)28-21)18(24)22-15(3)16-8-6-5-7-9-16/h5-9,15H,4,10-13H2,1-3H3,(H,22,24). The highest BCUT2D eigenvalue weighted by molar-refractivity contribution is 6.07. The molecule has 0 saturated carbocycles. The molecular formula is C21H26N2O5. The summed E-state index contributed by atoms with van der Waals surface area (Å²) in [6, 6.07) is 9.42. The third-order valence-corrected chi connectivity index (χ3v) is 5.40. The molecule has 7 heteroatoms. The Balaban J connectivity index is 1.76. The SMILES string of the molecule is CCOC(=O)N1CCC2(CC1)OC(=O)C(C)=C2C(=O)NC(C)c1ccccc1. The molecule has 0 radical (unpaired) electrons. The molecule has 1 aromatic rings. The maximum Gasteiger partial charge on any atom is 0.409 e. The van der Waals surface area contributed by atoms with E-state index >= 15 is 0 Å². The fourth-order valence-corrected chi connectivity index (χ4v) is 3.84. The van der Waals surface area contributed by atoms with Crippen molar-refractivity contribution in [1.29, 1.82) is 0 Å². The molecule has 28 heavy (non-hydrogen) atoms. The molecule has 1 aromatic carbocycles. The lowest BCUT2D eigenvalue weighted by atomic mass is 9.82. The van der Waals surface area contributed by atoms with Gasteiger partial charge in [0, 0.05) is 31.5 Å². The number of carbonyl (C=O) groups excluding carboxylic acids is 3. The van der Waals surface area contributed by atoms with Crippen LogP contribution in [0, 0.1) is 0 Å². The van der Waals surface area contributed by atoms with E-state index in [9.17, 15) is 14.4 Å². The number of likely N-dealkylation sites (tertiary alicyclic amines) is 1. The molecule has 1 spiro atoms. The largest absolute Gasteiger partial charge is 0.450 e. The number of nitrogens with one attached hydrogen (secondary N) is 1. The lowest BCUT2D eigenvalue weighted by Gasteiger charge is -2.39. The summed E-state index contributed by atoms with van der Waals surface area (Å²) < 4.78 is 10.7. The number of nitrogens with zero attached hydrogens (tertiary/aromatic N) is 1. The first-order valence-electron chi connectivity index (χ1n) is 9.60. The van der Waals surface area contributed by atoms with E-state index in [1.165, 1.54) is 0 Å². The fourth-order valence-electron chi connectivity index (χ4n) is 3.84. The number of hydrogen-bond donors (Lipinski definition) is 1. The van der Waals surface area contributed by atoms with Crippen LogP contribution in [-0.2, 0) is 19.1 Å². The molecule has 1 N–H and O–H groups in total. The number of benzene rings is 1. The molecule has 1 fully saturated rings. The van der Waals surface area contributed by atoms with Crippen LogP contribution in [0.2, 0.25) is 0 Å². The van der Waals surface area contributed by atoms with Crippen molar-refractivity contribution < 1.29 is 23.9 Å². The molecule has 7 nitrogen and oxygen atoms in total. The summed E-state index contributed by atoms with van der Waals surface area (Å²) in [6.45, 7) is 6.31. The van der Waals surface area contributed by atoms with Crippen LogP contribution in [0.15, 0.2) is 41.5 Å². The maximum atomic E-state index is 13.1. The van der Waals surface area contributed by atoms with Crippen LogP contribution >= 0.6 is 0 Å². The highest BCUT2D eigenvalue weighted by Gasteiger charge is 2.51. The molecule has 0 bridgehead atoms. The number of ether oxygens (including phenoxy) is 2. The quantitative estimate of drug-likeness (QED) is 0.805. The van der Waals surface area contributed by atoms with Crippen LogP contribution in [0.25, 0.3) is 0 Å². The molecule has 0 aliphatic carbocycles. The molecule has 1 atom stereocenters. The van der Waals surface area contributed by atoms with Crippen molar-refractivity contribution in [2.45, 2.75) is 45.3 Å². The third kappa shape index (κ3) is 3.74. The Kier molecular flexibility index (Phi) is 5.72. The average Bonchev–Trinajstić information content (AvgIpc) is 2.92. The molecule has 2 heterocycles. The number of carbonyl (C=O) groups is 3. The van der Waals surface area contributed by atoms with Crippen molar-refractivity contribution in [3.8, 4) is 0 Å². The first-order chi connectivity index (χ1) is 13.4. The Labute approximate surface area is 164 Å². The highest BCUT2D eigenvalue weighted by Crippen LogP contribution is 2.41. The summed E-state index contributed by atoms with van der Waals surface area (Å²) in [7, 11) is 0. The summed E-state index contributed by atoms with van der Waals surface area (Å²) in [6.07, 6.45) is 0.362. The number of amides is 2. The van der Waals surface area contributed by atoms with Gasteiger partial charge in [-0.1, -0.05) is 30.3 Å². The number of piperidine rings is 1. The van der Waals surface area contributed by atoms with Crippen LogP contribution in [0.1, 0.15) is 45.2 Å². The van der Waals surface area contributed by atoms with E-state index in [-0.39, 0.29) is 18.0 Å². The van der Waals surface area contributed by atoms with Gasteiger partial charge in [-0.2, -0.15) is 0 Å². The number of esters is 1. The zero-order chi connectivity index (χ0) is 20.3. The Morgan fingerprint density at radius 2 is 1.89 bits per heavy atom. The molecular weight excluding hydrogens is 360 g/mol. The van der Waals surface area contributed by atoms with Gasteiger partial charge in [0.2, 0.25) is 0 Å². The van der Waals surface area contributed by atoms with Gasteiger partial charge in [-0.25, -0.2) is 9.59 Å². The Morgan fingerprint density at radius 1 is 1.25 bits per heavy atom. The van der Waals surface area contributed by atoms with E-state index in [2.05, 4.69) is 5.32 Å². The van der Waals surface area contributed by atoms with E-state index < -0.39 is 11.6 Å². The van der Waals surface area contributed by atoms with Crippen LogP contribution in [0.4, 0.5) is 4.79 Å². The van der Waals surface area contributed by atoms with Crippen molar-refractivity contribution in [3.05, 3.63) is 47.0 Å². The minimum absolute atomic E-state index is 0.207. The second kappa shape index (κ2) is 8.04. The summed E-state index contributed by atoms with van der Waals surface area (Å²) in [5.74, 6) is -0.772. The molecule has 2 aliphatic rings. The smallest absolute Gasteiger partial charge is 0.409 e. The third-order valence-electron chi connectivity index (χ3n) is 5.40. The summed E-state index contributed by atoms with van der Waals surface area (Å²) in [5.41, 5.74) is 0.710. The van der Waals surface area contributed by atoms with E-state index in [1.54, 1.807) is 18.7 Å². The van der Waals surface area contributed by atoms with E-state index in [0.29, 0.717) is 43.7 Å². The average molecular weight is 386 g/mol. The van der Waals surface area contributed by atoms with Gasteiger partial charge in [0.05, 0.1) is 18.2 Å². The van der Waals surface area contributed by atoms with E-state index in [4.69, 9.17) is 9.47 Å². The van der Waals surface area contributed by atoms with Crippen LogP contribution in [0.5, 0.6) is 0 Å². The first-order valence-corrected chi connectivity index (χ1v) is 9.60. The summed E-state index contributed by atoms with van der Waals surface area (Å²) in [4.78, 5) is 38.9. The zero-order valence-corrected chi connectivity index (χ0v) is 16.5. The monoisotopic (exact) mass is 386 g/mol. The van der Waals surface area contributed by atoms with Gasteiger partial charge >= 0.3 is 12.1 Å². The molecule has 2 amide bonds. The fraction of sp³-hybridized carbons (Fsp3) is 0.476. The summed E-state index contributed by atoms with van der Waals surface area (Å²) in [5, 5.41) is 2.98. The van der Waals surface area contributed by atoms with Gasteiger partial charge in [-0.3, -0.25) is 4.79 Å². The van der Waals surface area contributed by atoms with Crippen LogP contribution in [0.3, 0.4) is 0 Å². The van der Waals surface area contributed by atoms with Crippen molar-refractivity contribution in [2.24, 2.45) is 0 Å². The van der Waals surface area contributed by atoms with Crippen LogP contribution in [-0.4, -0.2) is 48.2 Å². The van der Waals surface area contributed by atoms with E-state index in [0.717, 1.165) is 5.56 Å². The van der Waals surface area contributed by atoms with Crippen LogP contribution < -0.4 is 5.32 Å². The molecule has 150 valence electrons. The van der Waals surface area contributed by atoms with Gasteiger partial charge in [0.1, 0.15) is 5.60 Å². The van der Waals surface area contributed by atoms with Crippen molar-refractivity contribution in [2.75, 3.05) is 19.7 Å². The Hall–Kier alpha value is -2.83. The first kappa shape index (κ1) is 19.9. The van der Waals surface area contributed by atoms with Gasteiger partial charge in [0.25, 0.3) is 5.91 Å². The number of hydrogen-bond acceptors (Lipinski definition) is 5. The minimum atomic E-state index is -0.981. The van der Waals surface area contributed by atoms with Gasteiger partial charge in [0.15, 0.2) is 0 Å². The molecule has 2 aliphatic heterocycles. The van der Waals surface area contributed by atoms with Gasteiger partial charge < -0.3 is 19.7 Å².